The van der Waals surface area contributed by atoms with Crippen LogP contribution in [0.3, 0.4) is 0 Å². The van der Waals surface area contributed by atoms with Gasteiger partial charge in [0, 0.05) is 11.6 Å². The van der Waals surface area contributed by atoms with Gasteiger partial charge in [-0.2, -0.15) is 13.2 Å². The molecule has 0 saturated heterocycles. The molecule has 1 heterocycles. The normalized spacial score (nSPS) is 13.5. The molecule has 0 aliphatic carbocycles. The highest BCUT2D eigenvalue weighted by Crippen LogP contribution is 2.39. The van der Waals surface area contributed by atoms with E-state index in [0.29, 0.717) is 23.9 Å². The summed E-state index contributed by atoms with van der Waals surface area (Å²) in [5.74, 6) is -2.00. The highest BCUT2D eigenvalue weighted by atomic mass is 32.1. The first-order valence-electron chi connectivity index (χ1n) is 10.2. The first kappa shape index (κ1) is 25.8. The quantitative estimate of drug-likeness (QED) is 0.302. The Kier molecular flexibility index (Phi) is 8.05. The summed E-state index contributed by atoms with van der Waals surface area (Å²) in [5.41, 5.74) is 3.97. The van der Waals surface area contributed by atoms with Crippen LogP contribution in [0.1, 0.15) is 30.3 Å². The summed E-state index contributed by atoms with van der Waals surface area (Å²) in [6, 6.07) is 6.49. The third-order valence-corrected chi connectivity index (χ3v) is 5.97. The van der Waals surface area contributed by atoms with Crippen LogP contribution in [0.2, 0.25) is 0 Å². The minimum absolute atomic E-state index is 0.0251. The molecule has 0 fully saturated rings. The Balaban J connectivity index is 1.61. The summed E-state index contributed by atoms with van der Waals surface area (Å²) in [6.07, 6.45) is -3.94. The van der Waals surface area contributed by atoms with Crippen molar-refractivity contribution in [3.8, 4) is 22.1 Å². The molecule has 184 valence electrons. The number of benzene rings is 2. The molecule has 12 heteroatoms. The van der Waals surface area contributed by atoms with Gasteiger partial charge in [0.2, 0.25) is 0 Å². The number of hydrogen-bond acceptors (Lipinski definition) is 7. The van der Waals surface area contributed by atoms with Gasteiger partial charge in [-0.25, -0.2) is 8.78 Å². The monoisotopic (exact) mass is 503 g/mol. The van der Waals surface area contributed by atoms with E-state index in [1.165, 1.54) is 19.1 Å². The molecule has 3 aromatic rings. The van der Waals surface area contributed by atoms with Crippen LogP contribution in [-0.2, 0) is 11.7 Å². The Hall–Kier alpha value is -2.83. The zero-order chi connectivity index (χ0) is 24.9. The van der Waals surface area contributed by atoms with Gasteiger partial charge in [-0.05, 0) is 50.1 Å². The number of nitrogens with two attached hydrogens (primary N) is 1. The van der Waals surface area contributed by atoms with Gasteiger partial charge in [-0.3, -0.25) is 0 Å². The summed E-state index contributed by atoms with van der Waals surface area (Å²) in [7, 11) is 0. The molecule has 0 unspecified atom stereocenters. The first-order valence-corrected chi connectivity index (χ1v) is 11.0. The van der Waals surface area contributed by atoms with E-state index in [9.17, 15) is 27.1 Å². The van der Waals surface area contributed by atoms with Gasteiger partial charge < -0.3 is 20.3 Å². The van der Waals surface area contributed by atoms with Crippen LogP contribution in [0, 0.1) is 11.6 Å². The van der Waals surface area contributed by atoms with E-state index in [0.717, 1.165) is 29.5 Å². The van der Waals surface area contributed by atoms with Gasteiger partial charge in [0.15, 0.2) is 11.6 Å². The van der Waals surface area contributed by atoms with Crippen LogP contribution in [0.15, 0.2) is 36.4 Å². The number of halogens is 5. The van der Waals surface area contributed by atoms with Crippen molar-refractivity contribution in [3.05, 3.63) is 58.6 Å². The average Bonchev–Trinajstić information content (AvgIpc) is 3.28. The SMILES string of the molecule is C[C@](N)(CO)c1nnc(-c2ccc(OCCCCOc3ccc(F)cc3F)c(C(F)(F)F)c2)s1. The largest absolute Gasteiger partial charge is 0.493 e. The van der Waals surface area contributed by atoms with Crippen LogP contribution in [0.5, 0.6) is 11.5 Å². The number of aliphatic hydroxyl groups excluding tert-OH is 1. The zero-order valence-electron chi connectivity index (χ0n) is 18.0. The van der Waals surface area contributed by atoms with Gasteiger partial charge in [0.05, 0.1) is 30.9 Å². The minimum atomic E-state index is -4.67. The molecule has 3 rings (SSSR count). The molecule has 0 spiro atoms. The fraction of sp³-hybridized carbons (Fsp3) is 0.364. The molecular weight excluding hydrogens is 481 g/mol. The Morgan fingerprint density at radius 3 is 2.24 bits per heavy atom. The van der Waals surface area contributed by atoms with E-state index in [4.69, 9.17) is 15.2 Å². The number of alkyl halides is 3. The maximum absolute atomic E-state index is 13.6. The fourth-order valence-electron chi connectivity index (χ4n) is 2.81. The number of rotatable bonds is 10. The summed E-state index contributed by atoms with van der Waals surface area (Å²) in [5, 5.41) is 17.6. The number of ether oxygens (including phenoxy) is 2. The number of nitrogens with zero attached hydrogens (tertiary/aromatic N) is 2. The number of unbranched alkanes of at least 4 members (excludes halogenated alkanes) is 1. The Labute approximate surface area is 196 Å². The Bertz CT molecular complexity index is 1120. The van der Waals surface area contributed by atoms with Crippen molar-refractivity contribution < 1.29 is 36.5 Å². The van der Waals surface area contributed by atoms with Crippen LogP contribution >= 0.6 is 11.3 Å². The Morgan fingerprint density at radius 2 is 1.62 bits per heavy atom. The first-order chi connectivity index (χ1) is 16.0. The highest BCUT2D eigenvalue weighted by molar-refractivity contribution is 7.14. The van der Waals surface area contributed by atoms with Gasteiger partial charge >= 0.3 is 6.18 Å². The van der Waals surface area contributed by atoms with E-state index in [2.05, 4.69) is 10.2 Å². The molecular formula is C22H22F5N3O3S. The maximum atomic E-state index is 13.6. The molecule has 3 N–H and O–H groups in total. The van der Waals surface area contributed by atoms with E-state index in [1.54, 1.807) is 0 Å². The molecule has 0 aliphatic rings. The second-order valence-electron chi connectivity index (χ2n) is 7.68. The van der Waals surface area contributed by atoms with Crippen LogP contribution < -0.4 is 15.2 Å². The van der Waals surface area contributed by atoms with Gasteiger partial charge in [0.1, 0.15) is 21.6 Å². The second-order valence-corrected chi connectivity index (χ2v) is 8.65. The van der Waals surface area contributed by atoms with Crippen molar-refractivity contribution in [2.45, 2.75) is 31.5 Å². The lowest BCUT2D eigenvalue weighted by atomic mass is 10.1. The van der Waals surface area contributed by atoms with E-state index < -0.39 is 35.5 Å². The third-order valence-electron chi connectivity index (χ3n) is 4.72. The van der Waals surface area contributed by atoms with Crippen molar-refractivity contribution in [1.29, 1.82) is 0 Å². The smallest absolute Gasteiger partial charge is 0.419 e. The molecule has 6 nitrogen and oxygen atoms in total. The van der Waals surface area contributed by atoms with Crippen LogP contribution in [0.4, 0.5) is 22.0 Å². The minimum Gasteiger partial charge on any atom is -0.493 e. The summed E-state index contributed by atoms with van der Waals surface area (Å²) >= 11 is 0.993. The van der Waals surface area contributed by atoms with Crippen LogP contribution in [0.25, 0.3) is 10.6 Å². The standard InChI is InChI=1S/C22H22F5N3O3S/c1-21(28,12-31)20-30-29-19(34-20)13-4-6-17(15(10-13)22(25,26)27)32-8-2-3-9-33-18-7-5-14(23)11-16(18)24/h4-7,10-11,31H,2-3,8-9,12,28H2,1H3/t21-/m0/s1. The second kappa shape index (κ2) is 10.6. The topological polar surface area (TPSA) is 90.5 Å². The predicted octanol–water partition coefficient (Wildman–Crippen LogP) is 4.91. The third kappa shape index (κ3) is 6.39. The molecule has 1 aromatic heterocycles. The van der Waals surface area contributed by atoms with E-state index in [1.807, 2.05) is 0 Å². The van der Waals surface area contributed by atoms with Crippen molar-refractivity contribution in [2.24, 2.45) is 5.73 Å². The zero-order valence-corrected chi connectivity index (χ0v) is 18.8. The van der Waals surface area contributed by atoms with Gasteiger partial charge in [-0.1, -0.05) is 11.3 Å². The van der Waals surface area contributed by atoms with Crippen LogP contribution in [-0.4, -0.2) is 35.1 Å². The maximum Gasteiger partial charge on any atom is 0.419 e. The van der Waals surface area contributed by atoms with Gasteiger partial charge in [-0.15, -0.1) is 10.2 Å². The van der Waals surface area contributed by atoms with Crippen molar-refractivity contribution in [1.82, 2.24) is 10.2 Å². The van der Waals surface area contributed by atoms with Crippen molar-refractivity contribution in [2.75, 3.05) is 19.8 Å². The summed E-state index contributed by atoms with van der Waals surface area (Å²) in [4.78, 5) is 0. The predicted molar refractivity (Wildman–Crippen MR) is 116 cm³/mol. The lowest BCUT2D eigenvalue weighted by Gasteiger charge is -2.17. The molecule has 0 saturated carbocycles. The number of hydrogen-bond donors (Lipinski definition) is 2. The molecule has 0 bridgehead atoms. The lowest BCUT2D eigenvalue weighted by Crippen LogP contribution is -2.36. The molecule has 0 radical (unpaired) electrons. The fourth-order valence-corrected chi connectivity index (χ4v) is 3.70. The lowest BCUT2D eigenvalue weighted by molar-refractivity contribution is -0.138. The highest BCUT2D eigenvalue weighted by Gasteiger charge is 2.35. The summed E-state index contributed by atoms with van der Waals surface area (Å²) < 4.78 is 77.8. The van der Waals surface area contributed by atoms with Gasteiger partial charge in [0.25, 0.3) is 0 Å². The summed E-state index contributed by atoms with van der Waals surface area (Å²) in [6.45, 7) is 1.20. The molecule has 34 heavy (non-hydrogen) atoms. The molecule has 0 aliphatic heterocycles. The molecule has 2 aromatic carbocycles. The van der Waals surface area contributed by atoms with Crippen molar-refractivity contribution >= 4 is 11.3 Å². The average molecular weight is 503 g/mol. The van der Waals surface area contributed by atoms with E-state index in [-0.39, 0.29) is 35.3 Å². The Morgan fingerprint density at radius 1 is 0.971 bits per heavy atom. The number of aromatic nitrogens is 2. The number of aliphatic hydroxyl groups is 1. The molecule has 0 amide bonds. The van der Waals surface area contributed by atoms with E-state index >= 15 is 0 Å². The molecule has 1 atom stereocenters. The van der Waals surface area contributed by atoms with Crippen molar-refractivity contribution in [3.63, 3.8) is 0 Å².